The highest BCUT2D eigenvalue weighted by Crippen LogP contribution is 2.23. The molecule has 3 nitrogen and oxygen atoms in total. The van der Waals surface area contributed by atoms with E-state index < -0.39 is 0 Å². The van der Waals surface area contributed by atoms with E-state index in [-0.39, 0.29) is 11.4 Å². The van der Waals surface area contributed by atoms with Crippen LogP contribution in [-0.2, 0) is 4.79 Å². The van der Waals surface area contributed by atoms with Crippen molar-refractivity contribution >= 4 is 33.0 Å². The number of amides is 1. The van der Waals surface area contributed by atoms with Crippen molar-refractivity contribution in [3.8, 4) is 0 Å². The van der Waals surface area contributed by atoms with Gasteiger partial charge in [-0.2, -0.15) is 0 Å². The van der Waals surface area contributed by atoms with Crippen LogP contribution >= 0.6 is 11.3 Å². The van der Waals surface area contributed by atoms with E-state index in [2.05, 4.69) is 34.2 Å². The fourth-order valence-electron chi connectivity index (χ4n) is 1.72. The molecule has 0 aliphatic carbocycles. The van der Waals surface area contributed by atoms with Gasteiger partial charge in [0.05, 0.1) is 6.54 Å². The van der Waals surface area contributed by atoms with E-state index in [1.807, 2.05) is 26.8 Å². The number of hydrogen-bond acceptors (Lipinski definition) is 3. The van der Waals surface area contributed by atoms with Crippen molar-refractivity contribution in [3.05, 3.63) is 29.6 Å². The first kappa shape index (κ1) is 12.9. The monoisotopic (exact) mass is 262 g/mol. The van der Waals surface area contributed by atoms with E-state index in [9.17, 15) is 4.79 Å². The quantitative estimate of drug-likeness (QED) is 0.891. The van der Waals surface area contributed by atoms with Crippen molar-refractivity contribution in [2.24, 2.45) is 0 Å². The molecule has 0 unspecified atom stereocenters. The molecule has 2 aromatic rings. The Morgan fingerprint density at radius 3 is 2.78 bits per heavy atom. The van der Waals surface area contributed by atoms with Crippen LogP contribution in [0.4, 0.5) is 5.69 Å². The van der Waals surface area contributed by atoms with Crippen LogP contribution in [0.2, 0.25) is 0 Å². The summed E-state index contributed by atoms with van der Waals surface area (Å²) >= 11 is 1.72. The third-order valence-electron chi connectivity index (χ3n) is 2.42. The summed E-state index contributed by atoms with van der Waals surface area (Å²) in [5.41, 5.74) is 0.792. The molecule has 1 heterocycles. The van der Waals surface area contributed by atoms with Crippen LogP contribution < -0.4 is 10.6 Å². The van der Waals surface area contributed by atoms with Crippen LogP contribution in [0.5, 0.6) is 0 Å². The minimum atomic E-state index is -0.184. The van der Waals surface area contributed by atoms with Crippen LogP contribution in [0.15, 0.2) is 29.6 Å². The van der Waals surface area contributed by atoms with Crippen molar-refractivity contribution in [1.82, 2.24) is 5.32 Å². The number of carbonyl (C=O) groups excluding carboxylic acids is 1. The Kier molecular flexibility index (Phi) is 3.57. The maximum absolute atomic E-state index is 11.7. The zero-order chi connectivity index (χ0) is 13.2. The molecule has 0 saturated heterocycles. The third kappa shape index (κ3) is 3.47. The lowest BCUT2D eigenvalue weighted by Gasteiger charge is -2.20. The molecule has 0 atom stereocenters. The summed E-state index contributed by atoms with van der Waals surface area (Å²) in [6.07, 6.45) is 0. The molecule has 2 rings (SSSR count). The van der Waals surface area contributed by atoms with Gasteiger partial charge in [-0.3, -0.25) is 4.79 Å². The van der Waals surface area contributed by atoms with Crippen LogP contribution in [0.1, 0.15) is 20.8 Å². The summed E-state index contributed by atoms with van der Waals surface area (Å²) in [5.74, 6) is 0.00733. The van der Waals surface area contributed by atoms with Crippen molar-refractivity contribution in [2.75, 3.05) is 11.9 Å². The Morgan fingerprint density at radius 2 is 2.06 bits per heavy atom. The highest BCUT2D eigenvalue weighted by atomic mass is 32.1. The number of fused-ring (bicyclic) bond motifs is 1. The Bertz CT molecular complexity index is 554. The lowest BCUT2D eigenvalue weighted by Crippen LogP contribution is -2.43. The zero-order valence-corrected chi connectivity index (χ0v) is 11.7. The molecular weight excluding hydrogens is 244 g/mol. The van der Waals surface area contributed by atoms with Gasteiger partial charge < -0.3 is 10.6 Å². The molecule has 18 heavy (non-hydrogen) atoms. The molecule has 0 radical (unpaired) electrons. The van der Waals surface area contributed by atoms with Gasteiger partial charge >= 0.3 is 0 Å². The summed E-state index contributed by atoms with van der Waals surface area (Å²) in [6.45, 7) is 6.22. The smallest absolute Gasteiger partial charge is 0.239 e. The minimum Gasteiger partial charge on any atom is -0.376 e. The highest BCUT2D eigenvalue weighted by Gasteiger charge is 2.13. The average molecular weight is 262 g/mol. The Balaban J connectivity index is 1.95. The second-order valence-electron chi connectivity index (χ2n) is 5.32. The first-order valence-electron chi connectivity index (χ1n) is 5.96. The van der Waals surface area contributed by atoms with Gasteiger partial charge in [0.2, 0.25) is 5.91 Å². The standard InChI is InChI=1S/C14H18N2OS/c1-14(2,3)16-13(17)9-15-11-4-5-12-10(8-11)6-7-18-12/h4-8,15H,9H2,1-3H3,(H,16,17). The SMILES string of the molecule is CC(C)(C)NC(=O)CNc1ccc2sccc2c1. The van der Waals surface area contributed by atoms with Gasteiger partial charge in [-0.1, -0.05) is 0 Å². The minimum absolute atomic E-state index is 0.00733. The molecule has 0 saturated carbocycles. The van der Waals surface area contributed by atoms with Crippen LogP contribution in [0, 0.1) is 0 Å². The second-order valence-corrected chi connectivity index (χ2v) is 6.27. The molecule has 2 N–H and O–H groups in total. The molecule has 0 fully saturated rings. The van der Waals surface area contributed by atoms with E-state index in [1.54, 1.807) is 11.3 Å². The van der Waals surface area contributed by atoms with Crippen molar-refractivity contribution in [3.63, 3.8) is 0 Å². The number of hydrogen-bond donors (Lipinski definition) is 2. The number of nitrogens with one attached hydrogen (secondary N) is 2. The summed E-state index contributed by atoms with van der Waals surface area (Å²) in [6, 6.07) is 8.23. The first-order chi connectivity index (χ1) is 8.44. The predicted octanol–water partition coefficient (Wildman–Crippen LogP) is 3.23. The molecule has 1 aromatic heterocycles. The number of rotatable bonds is 3. The largest absolute Gasteiger partial charge is 0.376 e. The van der Waals surface area contributed by atoms with Gasteiger partial charge in [-0.05, 0) is 55.8 Å². The normalized spacial score (nSPS) is 11.5. The molecular formula is C14H18N2OS. The molecule has 96 valence electrons. The van der Waals surface area contributed by atoms with Gasteiger partial charge in [0.1, 0.15) is 0 Å². The van der Waals surface area contributed by atoms with Gasteiger partial charge in [-0.15, -0.1) is 11.3 Å². The molecule has 1 amide bonds. The third-order valence-corrected chi connectivity index (χ3v) is 3.32. The number of anilines is 1. The van der Waals surface area contributed by atoms with Gasteiger partial charge in [-0.25, -0.2) is 0 Å². The van der Waals surface area contributed by atoms with E-state index in [1.165, 1.54) is 10.1 Å². The summed E-state index contributed by atoms with van der Waals surface area (Å²) in [7, 11) is 0. The van der Waals surface area contributed by atoms with Crippen molar-refractivity contribution in [1.29, 1.82) is 0 Å². The summed E-state index contributed by atoms with van der Waals surface area (Å²) in [5, 5.41) is 9.34. The fraction of sp³-hybridized carbons (Fsp3) is 0.357. The number of benzene rings is 1. The van der Waals surface area contributed by atoms with E-state index >= 15 is 0 Å². The highest BCUT2D eigenvalue weighted by molar-refractivity contribution is 7.17. The van der Waals surface area contributed by atoms with Gasteiger partial charge in [0.15, 0.2) is 0 Å². The summed E-state index contributed by atoms with van der Waals surface area (Å²) in [4.78, 5) is 11.7. The van der Waals surface area contributed by atoms with Crippen molar-refractivity contribution in [2.45, 2.75) is 26.3 Å². The topological polar surface area (TPSA) is 41.1 Å². The Labute approximate surface area is 111 Å². The summed E-state index contributed by atoms with van der Waals surface area (Å²) < 4.78 is 1.26. The molecule has 0 aliphatic rings. The van der Waals surface area contributed by atoms with E-state index in [4.69, 9.17) is 0 Å². The van der Waals surface area contributed by atoms with Crippen molar-refractivity contribution < 1.29 is 4.79 Å². The predicted molar refractivity (Wildman–Crippen MR) is 78.2 cm³/mol. The number of thiophene rings is 1. The van der Waals surface area contributed by atoms with Crippen LogP contribution in [0.25, 0.3) is 10.1 Å². The Morgan fingerprint density at radius 1 is 1.28 bits per heavy atom. The molecule has 0 spiro atoms. The number of carbonyl (C=O) groups is 1. The average Bonchev–Trinajstić information content (AvgIpc) is 2.71. The molecule has 1 aromatic carbocycles. The second kappa shape index (κ2) is 4.98. The van der Waals surface area contributed by atoms with E-state index in [0.717, 1.165) is 5.69 Å². The Hall–Kier alpha value is -1.55. The molecule has 4 heteroatoms. The first-order valence-corrected chi connectivity index (χ1v) is 6.84. The van der Waals surface area contributed by atoms with Gasteiger partial charge in [0.25, 0.3) is 0 Å². The van der Waals surface area contributed by atoms with Crippen LogP contribution in [-0.4, -0.2) is 18.0 Å². The van der Waals surface area contributed by atoms with Crippen LogP contribution in [0.3, 0.4) is 0 Å². The maximum Gasteiger partial charge on any atom is 0.239 e. The van der Waals surface area contributed by atoms with E-state index in [0.29, 0.717) is 6.54 Å². The molecule has 0 aliphatic heterocycles. The maximum atomic E-state index is 11.7. The fourth-order valence-corrected chi connectivity index (χ4v) is 2.49. The molecule has 0 bridgehead atoms. The van der Waals surface area contributed by atoms with Gasteiger partial charge in [0, 0.05) is 15.9 Å². The zero-order valence-electron chi connectivity index (χ0n) is 10.9. The lowest BCUT2D eigenvalue weighted by atomic mass is 10.1. The lowest BCUT2D eigenvalue weighted by molar-refractivity contribution is -0.120.